The largest absolute Gasteiger partial charge is 0.506 e. The maximum absolute atomic E-state index is 10.3. The molecule has 2 N–H and O–H groups in total. The second-order valence-electron chi connectivity index (χ2n) is 4.85. The average molecular weight is 398 g/mol. The number of piperazine rings is 1. The molecule has 120 valence electrons. The summed E-state index contributed by atoms with van der Waals surface area (Å²) in [6, 6.07) is 6.15. The molecular formula is C15H23BrCl2N2O. The lowest BCUT2D eigenvalue weighted by molar-refractivity contribution is 0.163. The predicted molar refractivity (Wildman–Crippen MR) is 96.9 cm³/mol. The van der Waals surface area contributed by atoms with E-state index in [0.29, 0.717) is 5.75 Å². The number of nitrogens with one attached hydrogen (secondary N) is 1. The zero-order valence-electron chi connectivity index (χ0n) is 11.9. The smallest absolute Gasteiger partial charge is 0.134 e. The summed E-state index contributed by atoms with van der Waals surface area (Å²) in [5, 5.41) is 13.7. The molecule has 1 aliphatic heterocycles. The van der Waals surface area contributed by atoms with E-state index in [9.17, 15) is 5.11 Å². The predicted octanol–water partition coefficient (Wildman–Crippen LogP) is 3.91. The van der Waals surface area contributed by atoms with Gasteiger partial charge in [-0.15, -0.1) is 31.4 Å². The van der Waals surface area contributed by atoms with Crippen molar-refractivity contribution in [3.05, 3.63) is 40.9 Å². The van der Waals surface area contributed by atoms with Crippen molar-refractivity contribution in [2.24, 2.45) is 0 Å². The van der Waals surface area contributed by atoms with E-state index >= 15 is 0 Å². The van der Waals surface area contributed by atoms with E-state index in [4.69, 9.17) is 0 Å². The minimum Gasteiger partial charge on any atom is -0.506 e. The topological polar surface area (TPSA) is 35.5 Å². The molecule has 1 aromatic rings. The van der Waals surface area contributed by atoms with Crippen LogP contribution >= 0.6 is 40.7 Å². The van der Waals surface area contributed by atoms with Crippen molar-refractivity contribution in [3.63, 3.8) is 0 Å². The Hall–Kier alpha value is -0.260. The van der Waals surface area contributed by atoms with Crippen LogP contribution in [0.4, 0.5) is 0 Å². The highest BCUT2D eigenvalue weighted by molar-refractivity contribution is 9.10. The molecule has 1 aliphatic rings. The Bertz CT molecular complexity index is 440. The molecule has 3 nitrogen and oxygen atoms in total. The van der Waals surface area contributed by atoms with Gasteiger partial charge in [0.2, 0.25) is 0 Å². The SMILES string of the molecule is C=CCC[C@H](c1cccc(Br)c1O)N1CCNCC1.Cl.Cl. The first kappa shape index (κ1) is 20.7. The summed E-state index contributed by atoms with van der Waals surface area (Å²) in [6.07, 6.45) is 3.90. The van der Waals surface area contributed by atoms with Crippen LogP contribution in [-0.4, -0.2) is 36.2 Å². The fourth-order valence-corrected chi connectivity index (χ4v) is 2.99. The molecule has 21 heavy (non-hydrogen) atoms. The number of rotatable bonds is 5. The number of allylic oxidation sites excluding steroid dienone is 1. The van der Waals surface area contributed by atoms with Crippen molar-refractivity contribution in [1.82, 2.24) is 10.2 Å². The van der Waals surface area contributed by atoms with Gasteiger partial charge in [-0.05, 0) is 34.8 Å². The molecule has 0 amide bonds. The van der Waals surface area contributed by atoms with Gasteiger partial charge in [0.15, 0.2) is 0 Å². The number of nitrogens with zero attached hydrogens (tertiary/aromatic N) is 1. The molecule has 0 aliphatic carbocycles. The molecule has 1 fully saturated rings. The first-order valence-electron chi connectivity index (χ1n) is 6.77. The van der Waals surface area contributed by atoms with Gasteiger partial charge in [0.1, 0.15) is 5.75 Å². The molecule has 6 heteroatoms. The number of hydrogen-bond donors (Lipinski definition) is 2. The number of hydrogen-bond acceptors (Lipinski definition) is 3. The van der Waals surface area contributed by atoms with Crippen LogP contribution in [0.1, 0.15) is 24.4 Å². The van der Waals surface area contributed by atoms with Gasteiger partial charge in [0, 0.05) is 37.8 Å². The molecule has 0 spiro atoms. The van der Waals surface area contributed by atoms with Crippen molar-refractivity contribution in [2.45, 2.75) is 18.9 Å². The number of halogens is 3. The zero-order valence-corrected chi connectivity index (χ0v) is 15.1. The van der Waals surface area contributed by atoms with E-state index in [1.165, 1.54) is 0 Å². The molecule has 2 rings (SSSR count). The van der Waals surface area contributed by atoms with Crippen molar-refractivity contribution < 1.29 is 5.11 Å². The summed E-state index contributed by atoms with van der Waals surface area (Å²) in [7, 11) is 0. The van der Waals surface area contributed by atoms with Gasteiger partial charge >= 0.3 is 0 Å². The van der Waals surface area contributed by atoms with E-state index < -0.39 is 0 Å². The third-order valence-electron chi connectivity index (χ3n) is 3.61. The van der Waals surface area contributed by atoms with Gasteiger partial charge in [-0.1, -0.05) is 18.2 Å². The maximum Gasteiger partial charge on any atom is 0.134 e. The number of phenolic OH excluding ortho intramolecular Hbond substituents is 1. The molecule has 1 saturated heterocycles. The van der Waals surface area contributed by atoms with Gasteiger partial charge in [0.25, 0.3) is 0 Å². The van der Waals surface area contributed by atoms with Crippen LogP contribution in [0.15, 0.2) is 35.3 Å². The normalized spacial score (nSPS) is 16.4. The minimum atomic E-state index is 0. The molecule has 0 bridgehead atoms. The lowest BCUT2D eigenvalue weighted by Crippen LogP contribution is -2.45. The average Bonchev–Trinajstić information content (AvgIpc) is 2.45. The van der Waals surface area contributed by atoms with Crippen molar-refractivity contribution in [2.75, 3.05) is 26.2 Å². The van der Waals surface area contributed by atoms with E-state index in [1.54, 1.807) is 0 Å². The summed E-state index contributed by atoms with van der Waals surface area (Å²) >= 11 is 3.41. The molecular weight excluding hydrogens is 375 g/mol. The number of phenols is 1. The number of aromatic hydroxyl groups is 1. The van der Waals surface area contributed by atoms with Crippen LogP contribution < -0.4 is 5.32 Å². The highest BCUT2D eigenvalue weighted by Crippen LogP contribution is 2.36. The Labute approximate surface area is 147 Å². The highest BCUT2D eigenvalue weighted by Gasteiger charge is 2.24. The van der Waals surface area contributed by atoms with Crippen LogP contribution in [0.2, 0.25) is 0 Å². The molecule has 1 aromatic carbocycles. The minimum absolute atomic E-state index is 0. The Balaban J connectivity index is 0.00000200. The lowest BCUT2D eigenvalue weighted by atomic mass is 9.98. The Morgan fingerprint density at radius 3 is 2.62 bits per heavy atom. The molecule has 0 unspecified atom stereocenters. The van der Waals surface area contributed by atoms with E-state index in [1.807, 2.05) is 24.3 Å². The monoisotopic (exact) mass is 396 g/mol. The van der Waals surface area contributed by atoms with Gasteiger partial charge in [-0.3, -0.25) is 4.90 Å². The number of benzene rings is 1. The van der Waals surface area contributed by atoms with Crippen molar-refractivity contribution >= 4 is 40.7 Å². The molecule has 1 atom stereocenters. The summed E-state index contributed by atoms with van der Waals surface area (Å²) in [5.74, 6) is 0.370. The standard InChI is InChI=1S/C15H21BrN2O.2ClH/c1-2-3-7-14(18-10-8-17-9-11-18)12-5-4-6-13(16)15(12)19;;/h2,4-6,14,17,19H,1,3,7-11H2;2*1H/t14-;;/m1../s1. The first-order valence-corrected chi connectivity index (χ1v) is 7.56. The van der Waals surface area contributed by atoms with Crippen LogP contribution in [-0.2, 0) is 0 Å². The summed E-state index contributed by atoms with van der Waals surface area (Å²) in [6.45, 7) is 7.88. The fraction of sp³-hybridized carbons (Fsp3) is 0.467. The summed E-state index contributed by atoms with van der Waals surface area (Å²) in [4.78, 5) is 2.45. The highest BCUT2D eigenvalue weighted by atomic mass is 79.9. The van der Waals surface area contributed by atoms with Gasteiger partial charge in [-0.2, -0.15) is 0 Å². The van der Waals surface area contributed by atoms with Gasteiger partial charge < -0.3 is 10.4 Å². The van der Waals surface area contributed by atoms with Crippen LogP contribution in [0.25, 0.3) is 0 Å². The van der Waals surface area contributed by atoms with Gasteiger partial charge in [0.05, 0.1) is 4.47 Å². The third-order valence-corrected chi connectivity index (χ3v) is 4.25. The second kappa shape index (κ2) is 10.5. The molecule has 0 radical (unpaired) electrons. The molecule has 0 aromatic heterocycles. The van der Waals surface area contributed by atoms with Crippen molar-refractivity contribution in [1.29, 1.82) is 0 Å². The maximum atomic E-state index is 10.3. The Morgan fingerprint density at radius 1 is 1.33 bits per heavy atom. The Morgan fingerprint density at radius 2 is 2.00 bits per heavy atom. The fourth-order valence-electron chi connectivity index (χ4n) is 2.61. The van der Waals surface area contributed by atoms with E-state index in [-0.39, 0.29) is 30.9 Å². The van der Waals surface area contributed by atoms with Crippen molar-refractivity contribution in [3.8, 4) is 5.75 Å². The second-order valence-corrected chi connectivity index (χ2v) is 5.70. The van der Waals surface area contributed by atoms with Crippen LogP contribution in [0, 0.1) is 0 Å². The van der Waals surface area contributed by atoms with Gasteiger partial charge in [-0.25, -0.2) is 0 Å². The quantitative estimate of drug-likeness (QED) is 0.739. The van der Waals surface area contributed by atoms with E-state index in [0.717, 1.165) is 49.1 Å². The third kappa shape index (κ3) is 5.46. The van der Waals surface area contributed by atoms with E-state index in [2.05, 4.69) is 32.7 Å². The lowest BCUT2D eigenvalue weighted by Gasteiger charge is -2.35. The molecule has 1 heterocycles. The zero-order chi connectivity index (χ0) is 13.7. The number of para-hydroxylation sites is 1. The summed E-state index contributed by atoms with van der Waals surface area (Å²) < 4.78 is 0.767. The first-order chi connectivity index (χ1) is 9.24. The molecule has 0 saturated carbocycles. The summed E-state index contributed by atoms with van der Waals surface area (Å²) in [5.41, 5.74) is 1.01. The van der Waals surface area contributed by atoms with Crippen LogP contribution in [0.3, 0.4) is 0 Å². The Kier molecular flexibility index (Phi) is 10.3. The van der Waals surface area contributed by atoms with Crippen LogP contribution in [0.5, 0.6) is 5.75 Å².